The second-order valence-electron chi connectivity index (χ2n) is 5.27. The number of nitrogens with one attached hydrogen (secondary N) is 2. The van der Waals surface area contributed by atoms with E-state index in [1.54, 1.807) is 18.6 Å². The van der Waals surface area contributed by atoms with Gasteiger partial charge in [0, 0.05) is 37.1 Å². The predicted molar refractivity (Wildman–Crippen MR) is 79.8 cm³/mol. The summed E-state index contributed by atoms with van der Waals surface area (Å²) in [4.78, 5) is 18.6. The molecule has 2 N–H and O–H groups in total. The fourth-order valence-electron chi connectivity index (χ4n) is 2.75. The lowest BCUT2D eigenvalue weighted by atomic mass is 10.0. The first-order valence-electron chi connectivity index (χ1n) is 7.20. The van der Waals surface area contributed by atoms with Gasteiger partial charge in [-0.3, -0.25) is 14.9 Å². The van der Waals surface area contributed by atoms with Crippen LogP contribution in [-0.4, -0.2) is 52.2 Å². The number of H-pyrrole nitrogens is 1. The zero-order valence-corrected chi connectivity index (χ0v) is 12.0. The Labute approximate surface area is 123 Å². The van der Waals surface area contributed by atoms with Crippen LogP contribution in [0.1, 0.15) is 23.2 Å². The summed E-state index contributed by atoms with van der Waals surface area (Å²) in [6.45, 7) is 1.55. The molecule has 110 valence electrons. The van der Waals surface area contributed by atoms with Crippen LogP contribution in [0.4, 0.5) is 0 Å². The van der Waals surface area contributed by atoms with E-state index in [4.69, 9.17) is 0 Å². The molecule has 6 nitrogen and oxygen atoms in total. The van der Waals surface area contributed by atoms with Gasteiger partial charge < -0.3 is 10.2 Å². The van der Waals surface area contributed by atoms with Crippen LogP contribution in [0.2, 0.25) is 0 Å². The Morgan fingerprint density at radius 3 is 3.00 bits per heavy atom. The van der Waals surface area contributed by atoms with Crippen molar-refractivity contribution in [3.05, 3.63) is 36.3 Å². The van der Waals surface area contributed by atoms with E-state index in [-0.39, 0.29) is 5.91 Å². The van der Waals surface area contributed by atoms with Crippen LogP contribution in [0.15, 0.2) is 30.7 Å². The Bertz CT molecular complexity index is 610. The zero-order chi connectivity index (χ0) is 14.7. The largest absolute Gasteiger partial charge is 0.337 e. The maximum absolute atomic E-state index is 12.7. The monoisotopic (exact) mass is 285 g/mol. The van der Waals surface area contributed by atoms with Gasteiger partial charge in [0.15, 0.2) is 0 Å². The highest BCUT2D eigenvalue weighted by Gasteiger charge is 2.26. The fraction of sp³-hybridized carbons (Fsp3) is 0.400. The standard InChI is InChI=1S/C15H19N5O/c1-16-12-3-2-8-20(10-12)15(21)13-9-18-19-14(13)11-4-6-17-7-5-11/h4-7,9,12,16H,2-3,8,10H2,1H3,(H,18,19). The summed E-state index contributed by atoms with van der Waals surface area (Å²) in [6.07, 6.45) is 7.17. The summed E-state index contributed by atoms with van der Waals surface area (Å²) >= 11 is 0. The molecule has 3 heterocycles. The molecular weight excluding hydrogens is 266 g/mol. The Balaban J connectivity index is 1.84. The number of nitrogens with zero attached hydrogens (tertiary/aromatic N) is 3. The van der Waals surface area contributed by atoms with Gasteiger partial charge in [-0.1, -0.05) is 0 Å². The summed E-state index contributed by atoms with van der Waals surface area (Å²) in [5.74, 6) is 0.0375. The molecule has 0 saturated carbocycles. The van der Waals surface area contributed by atoms with Gasteiger partial charge >= 0.3 is 0 Å². The fourth-order valence-corrected chi connectivity index (χ4v) is 2.75. The van der Waals surface area contributed by atoms with E-state index >= 15 is 0 Å². The number of carbonyl (C=O) groups excluding carboxylic acids is 1. The number of aromatic nitrogens is 3. The molecule has 1 aliphatic rings. The van der Waals surface area contributed by atoms with Gasteiger partial charge in [-0.2, -0.15) is 5.10 Å². The molecule has 1 fully saturated rings. The Kier molecular flexibility index (Phi) is 3.96. The van der Waals surface area contributed by atoms with Gasteiger partial charge in [-0.25, -0.2) is 0 Å². The Morgan fingerprint density at radius 1 is 1.43 bits per heavy atom. The number of hydrogen-bond donors (Lipinski definition) is 2. The minimum atomic E-state index is 0.0375. The van der Waals surface area contributed by atoms with Crippen molar-refractivity contribution in [3.8, 4) is 11.3 Å². The van der Waals surface area contributed by atoms with E-state index in [1.807, 2.05) is 24.1 Å². The van der Waals surface area contributed by atoms with Crippen molar-refractivity contribution in [1.82, 2.24) is 25.4 Å². The van der Waals surface area contributed by atoms with Crippen molar-refractivity contribution >= 4 is 5.91 Å². The van der Waals surface area contributed by atoms with E-state index in [0.29, 0.717) is 11.6 Å². The lowest BCUT2D eigenvalue weighted by Gasteiger charge is -2.32. The molecule has 2 aromatic heterocycles. The summed E-state index contributed by atoms with van der Waals surface area (Å²) in [7, 11) is 1.94. The molecule has 3 rings (SSSR count). The maximum atomic E-state index is 12.7. The Hall–Kier alpha value is -2.21. The second kappa shape index (κ2) is 6.05. The number of amides is 1. The number of pyridine rings is 1. The summed E-state index contributed by atoms with van der Waals surface area (Å²) in [5.41, 5.74) is 2.31. The number of rotatable bonds is 3. The minimum absolute atomic E-state index is 0.0375. The molecule has 0 radical (unpaired) electrons. The highest BCUT2D eigenvalue weighted by atomic mass is 16.2. The highest BCUT2D eigenvalue weighted by molar-refractivity contribution is 5.99. The third-order valence-corrected chi connectivity index (χ3v) is 3.96. The van der Waals surface area contributed by atoms with Crippen molar-refractivity contribution < 1.29 is 4.79 Å². The SMILES string of the molecule is CNC1CCCN(C(=O)c2cn[nH]c2-c2ccncc2)C1. The van der Waals surface area contributed by atoms with Crippen molar-refractivity contribution in [1.29, 1.82) is 0 Å². The first-order valence-corrected chi connectivity index (χ1v) is 7.20. The van der Waals surface area contributed by atoms with E-state index in [0.717, 1.165) is 37.2 Å². The topological polar surface area (TPSA) is 73.9 Å². The van der Waals surface area contributed by atoms with Gasteiger partial charge in [-0.05, 0) is 32.0 Å². The number of hydrogen-bond acceptors (Lipinski definition) is 4. The smallest absolute Gasteiger partial charge is 0.257 e. The third-order valence-electron chi connectivity index (χ3n) is 3.96. The van der Waals surface area contributed by atoms with Crippen LogP contribution in [-0.2, 0) is 0 Å². The normalized spacial score (nSPS) is 18.7. The molecule has 0 aliphatic carbocycles. The molecule has 1 saturated heterocycles. The van der Waals surface area contributed by atoms with Crippen molar-refractivity contribution in [2.45, 2.75) is 18.9 Å². The van der Waals surface area contributed by atoms with Crippen LogP contribution in [0.25, 0.3) is 11.3 Å². The van der Waals surface area contributed by atoms with Gasteiger partial charge in [-0.15, -0.1) is 0 Å². The van der Waals surface area contributed by atoms with Crippen LogP contribution in [0.5, 0.6) is 0 Å². The number of aromatic amines is 1. The van der Waals surface area contributed by atoms with Gasteiger partial charge in [0.25, 0.3) is 5.91 Å². The first kappa shape index (κ1) is 13.8. The molecule has 1 atom stereocenters. The predicted octanol–water partition coefficient (Wildman–Crippen LogP) is 1.30. The Morgan fingerprint density at radius 2 is 2.24 bits per heavy atom. The zero-order valence-electron chi connectivity index (χ0n) is 12.0. The lowest BCUT2D eigenvalue weighted by Crippen LogP contribution is -2.47. The van der Waals surface area contributed by atoms with Crippen molar-refractivity contribution in [3.63, 3.8) is 0 Å². The minimum Gasteiger partial charge on any atom is -0.337 e. The summed E-state index contributed by atoms with van der Waals surface area (Å²) in [5, 5.41) is 10.2. The van der Waals surface area contributed by atoms with E-state index in [1.165, 1.54) is 0 Å². The van der Waals surface area contributed by atoms with E-state index < -0.39 is 0 Å². The number of likely N-dealkylation sites (tertiary alicyclic amines) is 1. The van der Waals surface area contributed by atoms with Crippen LogP contribution in [0.3, 0.4) is 0 Å². The molecule has 1 unspecified atom stereocenters. The van der Waals surface area contributed by atoms with Gasteiger partial charge in [0.05, 0.1) is 17.5 Å². The molecular formula is C15H19N5O. The summed E-state index contributed by atoms with van der Waals surface area (Å²) in [6, 6.07) is 4.12. The maximum Gasteiger partial charge on any atom is 0.257 e. The molecule has 0 bridgehead atoms. The molecule has 6 heteroatoms. The number of likely N-dealkylation sites (N-methyl/N-ethyl adjacent to an activating group) is 1. The van der Waals surface area contributed by atoms with Crippen LogP contribution in [0, 0.1) is 0 Å². The first-order chi connectivity index (χ1) is 10.3. The van der Waals surface area contributed by atoms with Crippen molar-refractivity contribution in [2.75, 3.05) is 20.1 Å². The average Bonchev–Trinajstić information content (AvgIpc) is 3.04. The molecule has 1 aliphatic heterocycles. The molecule has 21 heavy (non-hydrogen) atoms. The molecule has 2 aromatic rings. The van der Waals surface area contributed by atoms with Gasteiger partial charge in [0.2, 0.25) is 0 Å². The summed E-state index contributed by atoms with van der Waals surface area (Å²) < 4.78 is 0. The van der Waals surface area contributed by atoms with Crippen LogP contribution >= 0.6 is 0 Å². The second-order valence-corrected chi connectivity index (χ2v) is 5.27. The third kappa shape index (κ3) is 2.80. The molecule has 1 amide bonds. The van der Waals surface area contributed by atoms with Crippen LogP contribution < -0.4 is 5.32 Å². The number of carbonyl (C=O) groups is 1. The quantitative estimate of drug-likeness (QED) is 0.891. The lowest BCUT2D eigenvalue weighted by molar-refractivity contribution is 0.0699. The van der Waals surface area contributed by atoms with E-state index in [9.17, 15) is 4.79 Å². The average molecular weight is 285 g/mol. The van der Waals surface area contributed by atoms with Crippen molar-refractivity contribution in [2.24, 2.45) is 0 Å². The van der Waals surface area contributed by atoms with Gasteiger partial charge in [0.1, 0.15) is 0 Å². The number of piperidine rings is 1. The van der Waals surface area contributed by atoms with E-state index in [2.05, 4.69) is 20.5 Å². The molecule has 0 aromatic carbocycles. The highest BCUT2D eigenvalue weighted by Crippen LogP contribution is 2.22. The molecule has 0 spiro atoms.